The quantitative estimate of drug-likeness (QED) is 0.695. The molecule has 4 nitrogen and oxygen atoms in total. The van der Waals surface area contributed by atoms with Crippen molar-refractivity contribution < 1.29 is 9.53 Å². The van der Waals surface area contributed by atoms with Gasteiger partial charge in [0.05, 0.1) is 18.8 Å². The smallest absolute Gasteiger partial charge is 0.243 e. The summed E-state index contributed by atoms with van der Waals surface area (Å²) in [7, 11) is 0. The minimum Gasteiger partial charge on any atom is -0.379 e. The lowest BCUT2D eigenvalue weighted by atomic mass is 9.99. The molecule has 0 spiro atoms. The molecular weight excluding hydrogens is 204 g/mol. The Hall–Kier alpha value is -0.610. The van der Waals surface area contributed by atoms with E-state index in [1.54, 1.807) is 0 Å². The molecule has 0 aromatic heterocycles. The summed E-state index contributed by atoms with van der Waals surface area (Å²) in [5.74, 6) is 0.747. The summed E-state index contributed by atoms with van der Waals surface area (Å²) in [6, 6.07) is 0. The van der Waals surface area contributed by atoms with E-state index < -0.39 is 0 Å². The van der Waals surface area contributed by atoms with Gasteiger partial charge >= 0.3 is 0 Å². The fourth-order valence-corrected chi connectivity index (χ4v) is 1.72. The van der Waals surface area contributed by atoms with Crippen LogP contribution in [0.4, 0.5) is 0 Å². The molecule has 1 unspecified atom stereocenters. The van der Waals surface area contributed by atoms with E-state index in [1.807, 2.05) is 18.7 Å². The number of nitrogens with one attached hydrogen (secondary N) is 1. The summed E-state index contributed by atoms with van der Waals surface area (Å²) in [4.78, 5) is 13.8. The van der Waals surface area contributed by atoms with Crippen LogP contribution in [0.15, 0.2) is 0 Å². The molecular formula is C12H24N2O2. The van der Waals surface area contributed by atoms with E-state index in [1.165, 1.54) is 0 Å². The SMILES string of the molecule is CCC1(C)NCN(CCOCC(C)C)C1=O. The lowest BCUT2D eigenvalue weighted by Gasteiger charge is -2.21. The Balaban J connectivity index is 2.27. The van der Waals surface area contributed by atoms with Crippen LogP contribution in [0.1, 0.15) is 34.1 Å². The monoisotopic (exact) mass is 228 g/mol. The van der Waals surface area contributed by atoms with Crippen LogP contribution in [-0.2, 0) is 9.53 Å². The second-order valence-electron chi connectivity index (χ2n) is 5.06. The molecule has 1 aliphatic heterocycles. The van der Waals surface area contributed by atoms with Gasteiger partial charge in [0.2, 0.25) is 5.91 Å². The Morgan fingerprint density at radius 1 is 1.56 bits per heavy atom. The third-order valence-electron chi connectivity index (χ3n) is 3.08. The van der Waals surface area contributed by atoms with E-state index in [-0.39, 0.29) is 11.4 Å². The summed E-state index contributed by atoms with van der Waals surface area (Å²) >= 11 is 0. The highest BCUT2D eigenvalue weighted by molar-refractivity contribution is 5.87. The van der Waals surface area contributed by atoms with Crippen LogP contribution in [0.25, 0.3) is 0 Å². The highest BCUT2D eigenvalue weighted by Crippen LogP contribution is 2.18. The van der Waals surface area contributed by atoms with E-state index in [2.05, 4.69) is 19.2 Å². The molecule has 1 amide bonds. The van der Waals surface area contributed by atoms with Gasteiger partial charge in [0.1, 0.15) is 0 Å². The van der Waals surface area contributed by atoms with E-state index in [0.717, 1.165) is 13.0 Å². The first-order valence-electron chi connectivity index (χ1n) is 6.11. The van der Waals surface area contributed by atoms with Crippen molar-refractivity contribution in [3.05, 3.63) is 0 Å². The lowest BCUT2D eigenvalue weighted by molar-refractivity contribution is -0.132. The van der Waals surface area contributed by atoms with Crippen LogP contribution in [-0.4, -0.2) is 42.8 Å². The Morgan fingerprint density at radius 3 is 2.75 bits per heavy atom. The maximum atomic E-state index is 12.0. The topological polar surface area (TPSA) is 41.6 Å². The predicted octanol–water partition coefficient (Wildman–Crippen LogP) is 1.22. The van der Waals surface area contributed by atoms with Gasteiger partial charge in [-0.3, -0.25) is 10.1 Å². The fourth-order valence-electron chi connectivity index (χ4n) is 1.72. The molecule has 94 valence electrons. The Morgan fingerprint density at radius 2 is 2.25 bits per heavy atom. The van der Waals surface area contributed by atoms with E-state index >= 15 is 0 Å². The summed E-state index contributed by atoms with van der Waals surface area (Å²) in [5.41, 5.74) is -0.363. The van der Waals surface area contributed by atoms with Crippen LogP contribution >= 0.6 is 0 Å². The van der Waals surface area contributed by atoms with Crippen molar-refractivity contribution in [2.24, 2.45) is 5.92 Å². The highest BCUT2D eigenvalue weighted by atomic mass is 16.5. The molecule has 1 heterocycles. The van der Waals surface area contributed by atoms with E-state index in [0.29, 0.717) is 25.7 Å². The summed E-state index contributed by atoms with van der Waals surface area (Å²) in [6.07, 6.45) is 0.829. The van der Waals surface area contributed by atoms with Gasteiger partial charge in [0.25, 0.3) is 0 Å². The first-order chi connectivity index (χ1) is 7.49. The third-order valence-corrected chi connectivity index (χ3v) is 3.08. The van der Waals surface area contributed by atoms with Crippen LogP contribution in [0.3, 0.4) is 0 Å². The molecule has 1 rings (SSSR count). The number of carbonyl (C=O) groups is 1. The van der Waals surface area contributed by atoms with Crippen molar-refractivity contribution in [3.8, 4) is 0 Å². The standard InChI is InChI=1S/C12H24N2O2/c1-5-12(4)11(15)14(9-13-12)6-7-16-8-10(2)3/h10,13H,5-9H2,1-4H3. The summed E-state index contributed by atoms with van der Waals surface area (Å²) in [5, 5.41) is 3.25. The molecule has 1 N–H and O–H groups in total. The molecule has 0 aliphatic carbocycles. The average Bonchev–Trinajstić information content (AvgIpc) is 2.53. The van der Waals surface area contributed by atoms with Crippen molar-refractivity contribution >= 4 is 5.91 Å². The molecule has 0 bridgehead atoms. The van der Waals surface area contributed by atoms with Gasteiger partial charge in [0.15, 0.2) is 0 Å². The van der Waals surface area contributed by atoms with Crippen LogP contribution in [0.2, 0.25) is 0 Å². The second-order valence-corrected chi connectivity index (χ2v) is 5.06. The maximum absolute atomic E-state index is 12.0. The maximum Gasteiger partial charge on any atom is 0.243 e. The van der Waals surface area contributed by atoms with Crippen LogP contribution in [0, 0.1) is 5.92 Å². The van der Waals surface area contributed by atoms with Gasteiger partial charge in [-0.2, -0.15) is 0 Å². The second kappa shape index (κ2) is 5.64. The van der Waals surface area contributed by atoms with Gasteiger partial charge in [-0.25, -0.2) is 0 Å². The molecule has 0 aromatic rings. The molecule has 1 fully saturated rings. The van der Waals surface area contributed by atoms with Gasteiger partial charge in [-0.1, -0.05) is 20.8 Å². The Bertz CT molecular complexity index is 243. The van der Waals surface area contributed by atoms with E-state index in [9.17, 15) is 4.79 Å². The zero-order valence-electron chi connectivity index (χ0n) is 10.9. The van der Waals surface area contributed by atoms with Gasteiger partial charge < -0.3 is 9.64 Å². The first kappa shape index (κ1) is 13.5. The molecule has 1 saturated heterocycles. The van der Waals surface area contributed by atoms with Crippen molar-refractivity contribution in [2.75, 3.05) is 26.4 Å². The molecule has 0 radical (unpaired) electrons. The highest BCUT2D eigenvalue weighted by Gasteiger charge is 2.40. The number of rotatable bonds is 6. The lowest BCUT2D eigenvalue weighted by Crippen LogP contribution is -2.43. The zero-order chi connectivity index (χ0) is 12.2. The largest absolute Gasteiger partial charge is 0.379 e. The molecule has 16 heavy (non-hydrogen) atoms. The number of hydrogen-bond donors (Lipinski definition) is 1. The molecule has 1 aliphatic rings. The minimum absolute atomic E-state index is 0.197. The average molecular weight is 228 g/mol. The van der Waals surface area contributed by atoms with Crippen LogP contribution < -0.4 is 5.32 Å². The fraction of sp³-hybridized carbons (Fsp3) is 0.917. The third kappa shape index (κ3) is 3.19. The van der Waals surface area contributed by atoms with Crippen molar-refractivity contribution in [1.29, 1.82) is 0 Å². The van der Waals surface area contributed by atoms with Gasteiger partial charge in [-0.05, 0) is 19.3 Å². The Labute approximate surface area is 98.3 Å². The molecule has 1 atom stereocenters. The summed E-state index contributed by atoms with van der Waals surface area (Å²) < 4.78 is 5.49. The summed E-state index contributed by atoms with van der Waals surface area (Å²) in [6.45, 7) is 11.0. The molecule has 0 saturated carbocycles. The predicted molar refractivity (Wildman–Crippen MR) is 64.1 cm³/mol. The van der Waals surface area contributed by atoms with Gasteiger partial charge in [0, 0.05) is 13.2 Å². The zero-order valence-corrected chi connectivity index (χ0v) is 10.9. The Kier molecular flexibility index (Phi) is 4.74. The van der Waals surface area contributed by atoms with E-state index in [4.69, 9.17) is 4.74 Å². The van der Waals surface area contributed by atoms with Crippen molar-refractivity contribution in [2.45, 2.75) is 39.7 Å². The number of ether oxygens (including phenoxy) is 1. The number of carbonyl (C=O) groups excluding carboxylic acids is 1. The van der Waals surface area contributed by atoms with Gasteiger partial charge in [-0.15, -0.1) is 0 Å². The molecule has 4 heteroatoms. The minimum atomic E-state index is -0.363. The number of nitrogens with zero attached hydrogens (tertiary/aromatic N) is 1. The normalized spacial score (nSPS) is 25.8. The number of amides is 1. The number of hydrogen-bond acceptors (Lipinski definition) is 3. The van der Waals surface area contributed by atoms with Crippen molar-refractivity contribution in [3.63, 3.8) is 0 Å². The first-order valence-corrected chi connectivity index (χ1v) is 6.11. The van der Waals surface area contributed by atoms with Crippen molar-refractivity contribution in [1.82, 2.24) is 10.2 Å². The molecule has 0 aromatic carbocycles. The van der Waals surface area contributed by atoms with Crippen LogP contribution in [0.5, 0.6) is 0 Å².